The molecule has 0 heterocycles. The first-order chi connectivity index (χ1) is 6.25. The van der Waals surface area contributed by atoms with Crippen LogP contribution < -0.4 is 0 Å². The zero-order valence-corrected chi connectivity index (χ0v) is 6.43. The van der Waals surface area contributed by atoms with E-state index in [-0.39, 0.29) is 0 Å². The molecule has 1 rings (SSSR count). The van der Waals surface area contributed by atoms with Crippen molar-refractivity contribution in [1.29, 1.82) is 0 Å². The molecule has 0 aromatic heterocycles. The van der Waals surface area contributed by atoms with Crippen LogP contribution in [-0.4, -0.2) is 9.61 Å². The van der Waals surface area contributed by atoms with Crippen molar-refractivity contribution in [2.24, 2.45) is 0 Å². The molecule has 2 heteroatoms. The number of hydrogen-bond acceptors (Lipinski definition) is 0. The van der Waals surface area contributed by atoms with Gasteiger partial charge in [-0.3, -0.25) is 0 Å². The monoisotopic (exact) mass is 234 g/mol. The van der Waals surface area contributed by atoms with E-state index in [4.69, 9.17) is 11.0 Å². The van der Waals surface area contributed by atoms with Gasteiger partial charge >= 0.3 is 0 Å². The minimum Gasteiger partial charge on any atom is -0.0879 e. The van der Waals surface area contributed by atoms with Crippen molar-refractivity contribution >= 4 is 31.9 Å². The summed E-state index contributed by atoms with van der Waals surface area (Å²) >= 11 is 5.23. The molecule has 0 aromatic rings. The highest BCUT2D eigenvalue weighted by Gasteiger charge is 2.21. The number of alkyl halides is 2. The molecule has 1 saturated carbocycles. The van der Waals surface area contributed by atoms with Crippen LogP contribution in [0.2, 0.25) is 0 Å². The molecule has 7 heavy (non-hydrogen) atoms. The van der Waals surface area contributed by atoms with E-state index >= 15 is 0 Å². The smallest absolute Gasteiger partial charge is 0.0435 e. The Kier molecular flexibility index (Phi) is 0.539. The molecule has 0 aliphatic heterocycles. The first-order valence-corrected chi connectivity index (χ1v) is 3.21. The van der Waals surface area contributed by atoms with E-state index in [9.17, 15) is 0 Å². The van der Waals surface area contributed by atoms with Crippen LogP contribution in [0.15, 0.2) is 0 Å². The Morgan fingerprint density at radius 2 is 1.86 bits per heavy atom. The molecule has 0 N–H and O–H groups in total. The lowest BCUT2D eigenvalue weighted by Gasteiger charge is -2.00. The van der Waals surface area contributed by atoms with Gasteiger partial charge in [0.25, 0.3) is 0 Å². The first kappa shape index (κ1) is 1.51. The highest BCUT2D eigenvalue weighted by atomic mass is 79.9. The summed E-state index contributed by atoms with van der Waals surface area (Å²) in [5.74, 6) is 0. The van der Waals surface area contributed by atoms with Gasteiger partial charge in [0.2, 0.25) is 0 Å². The van der Waals surface area contributed by atoms with Gasteiger partial charge in [-0.15, -0.1) is 0 Å². The fraction of sp³-hybridized carbons (Fsp3) is 1.00. The van der Waals surface area contributed by atoms with Gasteiger partial charge in [-0.25, -0.2) is 0 Å². The predicted octanol–water partition coefficient (Wildman–Crippen LogP) is 2.70. The molecule has 0 saturated heterocycles. The van der Waals surface area contributed by atoms with Crippen LogP contribution in [0, 0.1) is 0 Å². The van der Waals surface area contributed by atoms with Crippen LogP contribution in [0.25, 0.3) is 0 Å². The molecule has 1 aliphatic carbocycles. The topological polar surface area (TPSA) is 0 Å². The summed E-state index contributed by atoms with van der Waals surface area (Å²) in [5, 5.41) is 0. The normalized spacial score (nSPS) is 101. The lowest BCUT2D eigenvalue weighted by molar-refractivity contribution is 0.893. The van der Waals surface area contributed by atoms with E-state index in [0.29, 0.717) is 0 Å². The predicted molar refractivity (Wildman–Crippen MR) is 39.3 cm³/mol. The van der Waals surface area contributed by atoms with Crippen LogP contribution in [0.3, 0.4) is 0 Å². The third-order valence-corrected chi connectivity index (χ3v) is 2.26. The molecule has 0 aromatic carbocycles. The minimum atomic E-state index is -2.95. The molecule has 1 aliphatic rings. The van der Waals surface area contributed by atoms with Crippen LogP contribution in [0.5, 0.6) is 0 Å². The zero-order chi connectivity index (χ0) is 12.5. The molecule has 2 unspecified atom stereocenters. The van der Waals surface area contributed by atoms with Gasteiger partial charge in [-0.05, 0) is 12.7 Å². The Hall–Kier alpha value is 0.960. The standard InChI is InChI=1S/C5H8Br2/c6-4-2-1-3-5(4)7/h4-5H,1-3H2/i1D2,2D2,3D2,4D,5D. The van der Waals surface area contributed by atoms with E-state index in [1.807, 2.05) is 0 Å². The van der Waals surface area contributed by atoms with E-state index in [2.05, 4.69) is 31.9 Å². The van der Waals surface area contributed by atoms with Crippen molar-refractivity contribution in [3.8, 4) is 0 Å². The zero-order valence-electron chi connectivity index (χ0n) is 11.3. The summed E-state index contributed by atoms with van der Waals surface area (Å²) in [6.07, 6.45) is -8.62. The average Bonchev–Trinajstić information content (AvgIpc) is 2.04. The van der Waals surface area contributed by atoms with Crippen molar-refractivity contribution in [2.45, 2.75) is 28.7 Å². The maximum atomic E-state index is 7.63. The third kappa shape index (κ3) is 1.43. The van der Waals surface area contributed by atoms with Gasteiger partial charge in [-0.1, -0.05) is 38.2 Å². The van der Waals surface area contributed by atoms with Gasteiger partial charge in [0, 0.05) is 20.6 Å². The Balaban J connectivity index is 3.55. The van der Waals surface area contributed by atoms with Crippen LogP contribution >= 0.6 is 31.9 Å². The Morgan fingerprint density at radius 1 is 1.43 bits per heavy atom. The largest absolute Gasteiger partial charge is 0.0879 e. The molecule has 0 bridgehead atoms. The highest BCUT2D eigenvalue weighted by molar-refractivity contribution is 9.12. The molecule has 0 radical (unpaired) electrons. The maximum absolute atomic E-state index is 7.63. The van der Waals surface area contributed by atoms with Gasteiger partial charge in [-0.2, -0.15) is 0 Å². The van der Waals surface area contributed by atoms with Crippen molar-refractivity contribution in [1.82, 2.24) is 0 Å². The second-order valence-corrected chi connectivity index (χ2v) is 2.59. The van der Waals surface area contributed by atoms with Crippen molar-refractivity contribution in [2.75, 3.05) is 0 Å². The Labute approximate surface area is 72.2 Å². The Bertz CT molecular complexity index is 206. The third-order valence-electron chi connectivity index (χ3n) is 0.537. The minimum absolute atomic E-state index is 2.42. The van der Waals surface area contributed by atoms with E-state index in [1.54, 1.807) is 0 Å². The van der Waals surface area contributed by atoms with Crippen LogP contribution in [-0.2, 0) is 0 Å². The molecule has 0 nitrogen and oxygen atoms in total. The van der Waals surface area contributed by atoms with Crippen molar-refractivity contribution < 1.29 is 11.0 Å². The molecular weight excluding hydrogens is 220 g/mol. The maximum Gasteiger partial charge on any atom is 0.0435 e. The van der Waals surface area contributed by atoms with Crippen molar-refractivity contribution in [3.63, 3.8) is 0 Å². The molecular formula is C5H8Br2. The number of halogens is 2. The lowest BCUT2D eigenvalue weighted by atomic mass is 10.4. The van der Waals surface area contributed by atoms with Gasteiger partial charge in [0.1, 0.15) is 0 Å². The molecule has 2 atom stereocenters. The summed E-state index contributed by atoms with van der Waals surface area (Å²) in [5.41, 5.74) is 0. The summed E-state index contributed by atoms with van der Waals surface area (Å²) in [7, 11) is 0. The Morgan fingerprint density at radius 3 is 2.00 bits per heavy atom. The first-order valence-electron chi connectivity index (χ1n) is 5.63. The quantitative estimate of drug-likeness (QED) is 0.567. The van der Waals surface area contributed by atoms with Gasteiger partial charge in [0.15, 0.2) is 0 Å². The van der Waals surface area contributed by atoms with Crippen LogP contribution in [0.1, 0.15) is 30.1 Å². The lowest BCUT2D eigenvalue weighted by Crippen LogP contribution is -2.02. The van der Waals surface area contributed by atoms with E-state index in [0.717, 1.165) is 0 Å². The number of rotatable bonds is 0. The summed E-state index contributed by atoms with van der Waals surface area (Å²) < 4.78 is 60.0. The highest BCUT2D eigenvalue weighted by Crippen LogP contribution is 2.30. The molecule has 42 valence electrons. The van der Waals surface area contributed by atoms with E-state index < -0.39 is 28.7 Å². The van der Waals surface area contributed by atoms with E-state index in [1.165, 1.54) is 0 Å². The summed E-state index contributed by atoms with van der Waals surface area (Å²) in [6, 6.07) is 0. The average molecular weight is 236 g/mol. The second kappa shape index (κ2) is 2.49. The second-order valence-electron chi connectivity index (χ2n) is 1.00. The summed E-state index contributed by atoms with van der Waals surface area (Å²) in [4.78, 5) is -4.83. The van der Waals surface area contributed by atoms with Gasteiger partial charge in [0.05, 0.1) is 0 Å². The molecule has 1 fully saturated rings. The van der Waals surface area contributed by atoms with Crippen molar-refractivity contribution in [3.05, 3.63) is 0 Å². The fourth-order valence-corrected chi connectivity index (χ4v) is 0.647. The summed E-state index contributed by atoms with van der Waals surface area (Å²) in [6.45, 7) is 0. The number of hydrogen-bond donors (Lipinski definition) is 0. The fourth-order valence-electron chi connectivity index (χ4n) is 0.251. The van der Waals surface area contributed by atoms with Crippen LogP contribution in [0.4, 0.5) is 0 Å². The SMILES string of the molecule is [2H]C1([2H])C([2H])([2H])C([2H])(Br)C([2H])(Br)C1([2H])[2H]. The van der Waals surface area contributed by atoms with Gasteiger partial charge < -0.3 is 0 Å². The molecule has 0 amide bonds. The molecule has 0 spiro atoms.